The van der Waals surface area contributed by atoms with Gasteiger partial charge in [-0.25, -0.2) is 8.42 Å². The highest BCUT2D eigenvalue weighted by Gasteiger charge is 2.27. The van der Waals surface area contributed by atoms with Gasteiger partial charge in [0.1, 0.15) is 21.9 Å². The number of hydrogen-bond acceptors (Lipinski definition) is 7. The van der Waals surface area contributed by atoms with E-state index in [1.54, 1.807) is 31.4 Å². The van der Waals surface area contributed by atoms with Crippen LogP contribution < -0.4 is 9.46 Å². The van der Waals surface area contributed by atoms with Crippen molar-refractivity contribution in [2.24, 2.45) is 0 Å². The number of methoxy groups -OCH3 is 1. The summed E-state index contributed by atoms with van der Waals surface area (Å²) in [5, 5.41) is 3.87. The van der Waals surface area contributed by atoms with Gasteiger partial charge in [-0.1, -0.05) is 5.16 Å². The van der Waals surface area contributed by atoms with Crippen LogP contribution in [0.2, 0.25) is 0 Å². The second kappa shape index (κ2) is 7.81. The molecule has 0 saturated carbocycles. The summed E-state index contributed by atoms with van der Waals surface area (Å²) in [5.74, 6) is 0.805. The summed E-state index contributed by atoms with van der Waals surface area (Å²) in [7, 11) is 2.08. The summed E-state index contributed by atoms with van der Waals surface area (Å²) in [4.78, 5) is 2.95. The Morgan fingerprint density at radius 1 is 1.21 bits per heavy atom. The number of ether oxygens (including phenoxy) is 1. The molecule has 0 saturated heterocycles. The van der Waals surface area contributed by atoms with E-state index in [4.69, 9.17) is 9.26 Å². The first-order valence-corrected chi connectivity index (χ1v) is 11.6. The number of sulfonamides is 1. The fraction of sp³-hybridized carbons (Fsp3) is 0.350. The van der Waals surface area contributed by atoms with Gasteiger partial charge in [-0.05, 0) is 63.2 Å². The molecule has 3 aromatic rings. The number of nitrogens with zero attached hydrogens (tertiary/aromatic N) is 2. The number of benzene rings is 1. The van der Waals surface area contributed by atoms with Crippen molar-refractivity contribution in [3.05, 3.63) is 47.7 Å². The third-order valence-electron chi connectivity index (χ3n) is 5.29. The van der Waals surface area contributed by atoms with Crippen LogP contribution in [0.3, 0.4) is 0 Å². The molecule has 2 heterocycles. The van der Waals surface area contributed by atoms with E-state index in [1.165, 1.54) is 6.26 Å². The molecule has 4 rings (SSSR count). The van der Waals surface area contributed by atoms with Crippen molar-refractivity contribution < 1.29 is 17.7 Å². The molecular formula is C20H23N3O4S2. The molecule has 1 atom stereocenters. The molecule has 7 nitrogen and oxygen atoms in total. The Morgan fingerprint density at radius 3 is 2.72 bits per heavy atom. The second-order valence-corrected chi connectivity index (χ2v) is 10.2. The molecule has 0 aliphatic heterocycles. The first kappa shape index (κ1) is 19.9. The second-order valence-electron chi connectivity index (χ2n) is 7.24. The molecule has 29 heavy (non-hydrogen) atoms. The normalized spacial score (nSPS) is 16.6. The quantitative estimate of drug-likeness (QED) is 0.639. The van der Waals surface area contributed by atoms with Crippen molar-refractivity contribution >= 4 is 27.0 Å². The number of hydrogen-bond donors (Lipinski definition) is 1. The number of fused-ring (bicyclic) bond motifs is 1. The highest BCUT2D eigenvalue weighted by Crippen LogP contribution is 2.37. The fourth-order valence-electron chi connectivity index (χ4n) is 3.69. The van der Waals surface area contributed by atoms with Crippen molar-refractivity contribution in [2.75, 3.05) is 25.9 Å². The maximum Gasteiger partial charge on any atom is 0.271 e. The van der Waals surface area contributed by atoms with Gasteiger partial charge in [0, 0.05) is 17.7 Å². The monoisotopic (exact) mass is 433 g/mol. The van der Waals surface area contributed by atoms with Gasteiger partial charge >= 0.3 is 0 Å². The zero-order valence-electron chi connectivity index (χ0n) is 16.5. The largest absolute Gasteiger partial charge is 0.496 e. The minimum Gasteiger partial charge on any atom is -0.496 e. The van der Waals surface area contributed by atoms with Crippen molar-refractivity contribution in [3.63, 3.8) is 0 Å². The summed E-state index contributed by atoms with van der Waals surface area (Å²) >= 11 is 1.16. The first-order valence-electron chi connectivity index (χ1n) is 9.27. The summed E-state index contributed by atoms with van der Waals surface area (Å²) < 4.78 is 39.4. The zero-order valence-corrected chi connectivity index (χ0v) is 18.1. The van der Waals surface area contributed by atoms with Crippen molar-refractivity contribution in [1.29, 1.82) is 0 Å². The SMILES string of the molecule is COc1ccc(NS(=O)(=O)c2ccc(-c3ccon3)s2)c2c1C[C@@H](N(C)C)CC2. The van der Waals surface area contributed by atoms with E-state index in [2.05, 4.69) is 28.9 Å². The standard InChI is InChI=1S/C20H23N3O4S2/c1-23(2)13-4-5-14-15(12-13)18(26-3)7-6-16(14)22-29(24,25)20-9-8-19(28-20)17-10-11-27-21-17/h6-11,13,22H,4-5,12H2,1-3H3/t13-/m0/s1. The van der Waals surface area contributed by atoms with Crippen LogP contribution in [-0.2, 0) is 22.9 Å². The van der Waals surface area contributed by atoms with Crippen LogP contribution in [0.25, 0.3) is 10.6 Å². The lowest BCUT2D eigenvalue weighted by Gasteiger charge is -2.32. The van der Waals surface area contributed by atoms with E-state index >= 15 is 0 Å². The van der Waals surface area contributed by atoms with Gasteiger partial charge in [0.25, 0.3) is 10.0 Å². The molecule has 0 fully saturated rings. The molecule has 0 amide bonds. The maximum atomic E-state index is 13.0. The average molecular weight is 434 g/mol. The van der Waals surface area contributed by atoms with Crippen LogP contribution in [0.4, 0.5) is 5.69 Å². The minimum absolute atomic E-state index is 0.238. The van der Waals surface area contributed by atoms with E-state index < -0.39 is 10.0 Å². The van der Waals surface area contributed by atoms with Crippen molar-refractivity contribution in [3.8, 4) is 16.3 Å². The Kier molecular flexibility index (Phi) is 5.37. The molecule has 154 valence electrons. The molecule has 1 aliphatic carbocycles. The highest BCUT2D eigenvalue weighted by molar-refractivity contribution is 7.94. The lowest BCUT2D eigenvalue weighted by Crippen LogP contribution is -2.34. The Balaban J connectivity index is 1.65. The van der Waals surface area contributed by atoms with Crippen LogP contribution in [0, 0.1) is 0 Å². The lowest BCUT2D eigenvalue weighted by molar-refractivity contribution is 0.265. The van der Waals surface area contributed by atoms with E-state index in [1.807, 2.05) is 6.07 Å². The molecule has 0 unspecified atom stereocenters. The Hall–Kier alpha value is -2.36. The molecule has 2 aromatic heterocycles. The van der Waals surface area contributed by atoms with Gasteiger partial charge in [0.15, 0.2) is 0 Å². The summed E-state index contributed by atoms with van der Waals surface area (Å²) in [6, 6.07) is 9.07. The number of aromatic nitrogens is 1. The molecule has 9 heteroatoms. The van der Waals surface area contributed by atoms with Crippen LogP contribution in [0.15, 0.2) is 45.3 Å². The van der Waals surface area contributed by atoms with E-state index in [-0.39, 0.29) is 4.21 Å². The van der Waals surface area contributed by atoms with Crippen LogP contribution >= 0.6 is 11.3 Å². The number of rotatable bonds is 6. The van der Waals surface area contributed by atoms with Gasteiger partial charge in [0.05, 0.1) is 17.7 Å². The first-order chi connectivity index (χ1) is 13.9. The maximum absolute atomic E-state index is 13.0. The minimum atomic E-state index is -3.71. The van der Waals surface area contributed by atoms with E-state index in [0.29, 0.717) is 17.4 Å². The van der Waals surface area contributed by atoms with Gasteiger partial charge in [-0.2, -0.15) is 0 Å². The molecular weight excluding hydrogens is 410 g/mol. The number of thiophene rings is 1. The molecule has 1 N–H and O–H groups in total. The van der Waals surface area contributed by atoms with E-state index in [9.17, 15) is 8.42 Å². The highest BCUT2D eigenvalue weighted by atomic mass is 32.2. The number of likely N-dealkylation sites (N-methyl/N-ethyl adjacent to an activating group) is 1. The summed E-state index contributed by atoms with van der Waals surface area (Å²) in [5.41, 5.74) is 3.33. The van der Waals surface area contributed by atoms with E-state index in [0.717, 1.165) is 52.4 Å². The Labute approximate surface area is 174 Å². The molecule has 1 aromatic carbocycles. The lowest BCUT2D eigenvalue weighted by atomic mass is 9.86. The van der Waals surface area contributed by atoms with Crippen LogP contribution in [0.1, 0.15) is 17.5 Å². The molecule has 0 radical (unpaired) electrons. The Bertz CT molecular complexity index is 1100. The van der Waals surface area contributed by atoms with Crippen LogP contribution in [-0.4, -0.2) is 45.7 Å². The van der Waals surface area contributed by atoms with Crippen molar-refractivity contribution in [1.82, 2.24) is 10.1 Å². The van der Waals surface area contributed by atoms with Gasteiger partial charge in [-0.15, -0.1) is 11.3 Å². The fourth-order valence-corrected chi connectivity index (χ4v) is 6.05. The zero-order chi connectivity index (χ0) is 20.6. The number of nitrogens with one attached hydrogen (secondary N) is 1. The predicted octanol–water partition coefficient (Wildman–Crippen LogP) is 3.63. The summed E-state index contributed by atoms with van der Waals surface area (Å²) in [6.07, 6.45) is 4.06. The van der Waals surface area contributed by atoms with Gasteiger partial charge in [0.2, 0.25) is 0 Å². The van der Waals surface area contributed by atoms with Crippen molar-refractivity contribution in [2.45, 2.75) is 29.5 Å². The summed E-state index contributed by atoms with van der Waals surface area (Å²) in [6.45, 7) is 0. The molecule has 0 bridgehead atoms. The van der Waals surface area contributed by atoms with Crippen LogP contribution in [0.5, 0.6) is 5.75 Å². The third kappa shape index (κ3) is 3.90. The molecule has 1 aliphatic rings. The topological polar surface area (TPSA) is 84.7 Å². The number of anilines is 1. The average Bonchev–Trinajstić information content (AvgIpc) is 3.39. The molecule has 0 spiro atoms. The van der Waals surface area contributed by atoms with Gasteiger partial charge < -0.3 is 14.2 Å². The van der Waals surface area contributed by atoms with Gasteiger partial charge in [-0.3, -0.25) is 4.72 Å². The predicted molar refractivity (Wildman–Crippen MR) is 113 cm³/mol. The Morgan fingerprint density at radius 2 is 2.03 bits per heavy atom. The third-order valence-corrected chi connectivity index (χ3v) is 8.25. The smallest absolute Gasteiger partial charge is 0.271 e.